The number of benzene rings is 10. The highest BCUT2D eigenvalue weighted by molar-refractivity contribution is 7.19. The minimum absolute atomic E-state index is 0.00143. The van der Waals surface area contributed by atoms with Gasteiger partial charge in [0.05, 0.1) is 116 Å². The Morgan fingerprint density at radius 1 is 0.333 bits per heavy atom. The zero-order valence-electron chi connectivity index (χ0n) is 79.4. The molecule has 0 saturated heterocycles. The summed E-state index contributed by atoms with van der Waals surface area (Å²) in [7, 11) is 7.58. The van der Waals surface area contributed by atoms with Gasteiger partial charge < -0.3 is 50.0 Å². The van der Waals surface area contributed by atoms with Gasteiger partial charge in [-0.25, -0.2) is 19.9 Å². The molecule has 10 aromatic carbocycles. The average Bonchev–Trinajstić information content (AvgIpc) is 1.64. The fraction of sp³-hybridized carbons (Fsp3) is 0.286. The molecule has 4 N–H and O–H groups in total. The summed E-state index contributed by atoms with van der Waals surface area (Å²) < 4.78 is 23.0. The van der Waals surface area contributed by atoms with Crippen molar-refractivity contribution in [1.82, 2.24) is 51.0 Å². The lowest BCUT2D eigenvalue weighted by Crippen LogP contribution is -2.35. The number of rotatable bonds is 28. The highest BCUT2D eigenvalue weighted by Gasteiger charge is 2.33. The molecule has 4 aromatic heterocycles. The summed E-state index contributed by atoms with van der Waals surface area (Å²) in [5, 5.41) is 54.5. The summed E-state index contributed by atoms with van der Waals surface area (Å²) in [5.74, 6) is 2.55. The number of likely N-dealkylation sites (N-methyl/N-ethyl adjacent to an activating group) is 2. The first kappa shape index (κ1) is 98.2. The molecule has 700 valence electrons. The number of aromatic nitrogens is 4. The quantitative estimate of drug-likeness (QED) is 0.0354. The summed E-state index contributed by atoms with van der Waals surface area (Å²) in [6, 6.07) is 76.5. The van der Waals surface area contributed by atoms with E-state index >= 15 is 0 Å². The predicted octanol–water partition coefficient (Wildman–Crippen LogP) is 22.6. The molecule has 4 aliphatic rings. The SMILES string of the molecule is CC(C)Oc1ccc(-c2ncc(-c3cccc4c3CC[C@@H]4NC(=O)CN(C)C)s2)cc1C#N.CC(C)Oc1ccc(-c2ncc(-c3cccc4c3CC[C@@H]4NC(=O)Cc3ccccc3)s2)cc1C#N.CC(C)Oc1ccc(-c2ncc(-c3cccc4c3CC[C@H]4NC(=O)CN(C)C)s2)cc1C#N.CC(C)Oc1ccc(-c2ncc(-c3cccc4c3CC[C@H]4NC(=O)Cc3ccccc3)s2)cc1C#N. The van der Waals surface area contributed by atoms with E-state index in [1.165, 1.54) is 55.6 Å². The number of fused-ring (bicyclic) bond motifs is 4. The Hall–Kier alpha value is -14.3. The van der Waals surface area contributed by atoms with Crippen LogP contribution in [-0.2, 0) is 57.7 Å². The molecule has 4 aliphatic carbocycles. The average molecular weight is 1910 g/mol. The molecule has 4 heterocycles. The van der Waals surface area contributed by atoms with E-state index in [1.54, 1.807) is 45.3 Å². The zero-order chi connectivity index (χ0) is 97.2. The third-order valence-electron chi connectivity index (χ3n) is 23.7. The van der Waals surface area contributed by atoms with Crippen LogP contribution >= 0.6 is 45.3 Å². The summed E-state index contributed by atoms with van der Waals surface area (Å²) in [5.41, 5.74) is 22.2. The highest BCUT2D eigenvalue weighted by atomic mass is 32.1. The van der Waals surface area contributed by atoms with Gasteiger partial charge in [0.2, 0.25) is 23.6 Å². The number of hydrogen-bond donors (Lipinski definition) is 4. The topological polar surface area (TPSA) is 307 Å². The number of ether oxygens (including phenoxy) is 4. The fourth-order valence-electron chi connectivity index (χ4n) is 17.8. The second kappa shape index (κ2) is 45.6. The number of nitrogens with one attached hydrogen (secondary N) is 4. The van der Waals surface area contributed by atoms with Crippen LogP contribution in [-0.4, -0.2) is 119 Å². The van der Waals surface area contributed by atoms with Crippen molar-refractivity contribution in [1.29, 1.82) is 21.0 Å². The van der Waals surface area contributed by atoms with Crippen molar-refractivity contribution in [3.63, 3.8) is 0 Å². The molecule has 0 fully saturated rings. The highest BCUT2D eigenvalue weighted by Crippen LogP contribution is 2.48. The Bertz CT molecular complexity index is 6520. The first-order valence-corrected chi connectivity index (χ1v) is 49.7. The minimum Gasteiger partial charge on any atom is -0.490 e. The Morgan fingerprint density at radius 2 is 0.572 bits per heavy atom. The minimum atomic E-state index is 0.00143. The van der Waals surface area contributed by atoms with Crippen molar-refractivity contribution in [3.8, 4) is 131 Å². The molecule has 0 spiro atoms. The van der Waals surface area contributed by atoms with Crippen molar-refractivity contribution in [2.75, 3.05) is 41.3 Å². The molecule has 0 unspecified atom stereocenters. The fourth-order valence-corrected chi connectivity index (χ4v) is 21.7. The van der Waals surface area contributed by atoms with E-state index in [4.69, 9.17) is 18.9 Å². The van der Waals surface area contributed by atoms with Gasteiger partial charge in [-0.1, -0.05) is 133 Å². The van der Waals surface area contributed by atoms with Crippen LogP contribution in [0.1, 0.15) is 183 Å². The number of nitriles is 4. The van der Waals surface area contributed by atoms with Crippen molar-refractivity contribution in [2.24, 2.45) is 0 Å². The van der Waals surface area contributed by atoms with Crippen molar-refractivity contribution in [2.45, 2.75) is 168 Å². The molecule has 138 heavy (non-hydrogen) atoms. The van der Waals surface area contributed by atoms with Crippen LogP contribution < -0.4 is 40.2 Å². The van der Waals surface area contributed by atoms with Gasteiger partial charge in [0.1, 0.15) is 67.3 Å². The second-order valence-corrected chi connectivity index (χ2v) is 40.1. The number of carbonyl (C=O) groups excluding carboxylic acids is 4. The molecular formula is C112H110N14O8S4. The van der Waals surface area contributed by atoms with E-state index in [-0.39, 0.29) is 72.2 Å². The first-order valence-electron chi connectivity index (χ1n) is 46.5. The third kappa shape index (κ3) is 24.4. The van der Waals surface area contributed by atoms with Crippen LogP contribution in [0.3, 0.4) is 0 Å². The smallest absolute Gasteiger partial charge is 0.234 e. The van der Waals surface area contributed by atoms with E-state index in [0.717, 1.165) is 135 Å². The maximum absolute atomic E-state index is 12.7. The Morgan fingerprint density at radius 3 is 0.797 bits per heavy atom. The van der Waals surface area contributed by atoms with Gasteiger partial charge >= 0.3 is 0 Å². The normalized spacial score (nSPS) is 14.6. The first-order chi connectivity index (χ1) is 66.7. The number of nitrogens with zero attached hydrogens (tertiary/aromatic N) is 10. The molecule has 0 bridgehead atoms. The van der Waals surface area contributed by atoms with Crippen molar-refractivity contribution in [3.05, 3.63) is 309 Å². The van der Waals surface area contributed by atoms with Gasteiger partial charge in [0.15, 0.2) is 0 Å². The van der Waals surface area contributed by atoms with E-state index in [0.29, 0.717) is 71.2 Å². The summed E-state index contributed by atoms with van der Waals surface area (Å²) in [6.45, 7) is 16.3. The number of thiazole rings is 4. The molecule has 18 rings (SSSR count). The van der Waals surface area contributed by atoms with Gasteiger partial charge in [-0.15, -0.1) is 45.3 Å². The number of amides is 4. The Balaban J connectivity index is 0.000000140. The van der Waals surface area contributed by atoms with Crippen LogP contribution in [0, 0.1) is 45.3 Å². The largest absolute Gasteiger partial charge is 0.490 e. The van der Waals surface area contributed by atoms with E-state index in [2.05, 4.69) is 138 Å². The van der Waals surface area contributed by atoms with Crippen molar-refractivity contribution < 1.29 is 38.1 Å². The molecule has 22 nitrogen and oxygen atoms in total. The lowest BCUT2D eigenvalue weighted by molar-refractivity contribution is -0.123. The summed E-state index contributed by atoms with van der Waals surface area (Å²) in [6.07, 6.45) is 15.6. The summed E-state index contributed by atoms with van der Waals surface area (Å²) in [4.78, 5) is 76.6. The van der Waals surface area contributed by atoms with Crippen LogP contribution in [0.15, 0.2) is 231 Å². The zero-order valence-corrected chi connectivity index (χ0v) is 82.7. The molecule has 26 heteroatoms. The standard InChI is InChI=1S/2C30H27N3O2S.2C26H28N4O2S/c2*1-19(2)35-27-14-11-21(16-22(27)17-31)30-32-18-28(36-30)25-10-6-9-24-23(25)12-13-26(24)33-29(34)15-20-7-4-3-5-8-20;2*1-16(2)32-23-11-8-17(12-18(23)13-27)26-28-14-24(33-26)21-7-5-6-20-19(21)9-10-22(20)29-25(31)15-30(3)4/h2*3-11,14,16,18-19,26H,12-13,15H2,1-2H3,(H,33,34);2*5-8,11-12,14,16,22H,9-10,15H2,1-4H3,(H,29,31)/t2*26-;2*22-/m1010/s1. The second-order valence-electron chi connectivity index (χ2n) is 36.0. The van der Waals surface area contributed by atoms with Crippen LogP contribution in [0.4, 0.5) is 0 Å². The summed E-state index contributed by atoms with van der Waals surface area (Å²) >= 11 is 6.45. The third-order valence-corrected chi connectivity index (χ3v) is 28.0. The molecule has 0 radical (unpaired) electrons. The van der Waals surface area contributed by atoms with E-state index in [9.17, 15) is 40.2 Å². The number of hydrogen-bond acceptors (Lipinski definition) is 22. The van der Waals surface area contributed by atoms with Gasteiger partial charge in [-0.05, 0) is 286 Å². The Labute approximate surface area is 823 Å². The monoisotopic (exact) mass is 1910 g/mol. The molecule has 0 aliphatic heterocycles. The maximum Gasteiger partial charge on any atom is 0.234 e. The Kier molecular flexibility index (Phi) is 32.4. The molecule has 0 saturated carbocycles. The van der Waals surface area contributed by atoms with Gasteiger partial charge in [0, 0.05) is 47.0 Å². The van der Waals surface area contributed by atoms with Gasteiger partial charge in [0.25, 0.3) is 0 Å². The molecule has 4 atom stereocenters. The van der Waals surface area contributed by atoms with Crippen molar-refractivity contribution >= 4 is 69.0 Å². The molecule has 14 aromatic rings. The predicted molar refractivity (Wildman–Crippen MR) is 548 cm³/mol. The molecular weight excluding hydrogens is 1800 g/mol. The lowest BCUT2D eigenvalue weighted by Gasteiger charge is -2.16. The van der Waals surface area contributed by atoms with Crippen LogP contribution in [0.5, 0.6) is 23.0 Å². The maximum atomic E-state index is 12.7. The van der Waals surface area contributed by atoms with Gasteiger partial charge in [-0.2, -0.15) is 21.0 Å². The lowest BCUT2D eigenvalue weighted by atomic mass is 10.0. The van der Waals surface area contributed by atoms with Crippen LogP contribution in [0.2, 0.25) is 0 Å². The number of carbonyl (C=O) groups is 4. The van der Waals surface area contributed by atoms with E-state index in [1.807, 2.05) is 252 Å². The van der Waals surface area contributed by atoms with Crippen LogP contribution in [0.25, 0.3) is 84.0 Å². The van der Waals surface area contributed by atoms with Gasteiger partial charge in [-0.3, -0.25) is 19.2 Å². The molecule has 4 amide bonds. The van der Waals surface area contributed by atoms with E-state index < -0.39 is 0 Å².